The van der Waals surface area contributed by atoms with Gasteiger partial charge in [-0.05, 0) is 0 Å². The van der Waals surface area contributed by atoms with Crippen LogP contribution in [0.25, 0.3) is 0 Å². The van der Waals surface area contributed by atoms with Gasteiger partial charge in [-0.2, -0.15) is 0 Å². The molecule has 0 aromatic heterocycles. The van der Waals surface area contributed by atoms with E-state index in [-0.39, 0.29) is 12.5 Å². The maximum absolute atomic E-state index is 8.39. The van der Waals surface area contributed by atoms with Crippen LogP contribution < -0.4 is 0 Å². The van der Waals surface area contributed by atoms with Crippen molar-refractivity contribution < 1.29 is 9.94 Å². The van der Waals surface area contributed by atoms with Gasteiger partial charge in [0.05, 0.1) is 18.7 Å². The molecule has 1 rings (SSSR count). The van der Waals surface area contributed by atoms with Crippen LogP contribution in [0.4, 0.5) is 0 Å². The summed E-state index contributed by atoms with van der Waals surface area (Å²) in [5.74, 6) is 0.139. The van der Waals surface area contributed by atoms with Crippen molar-refractivity contribution in [1.82, 2.24) is 0 Å². The predicted octanol–water partition coefficient (Wildman–Crippen LogP) is -0.389. The summed E-state index contributed by atoms with van der Waals surface area (Å²) < 4.78 is 0. The van der Waals surface area contributed by atoms with Crippen LogP contribution in [0.5, 0.6) is 0 Å². The minimum absolute atomic E-state index is 0.139. The third-order valence-electron chi connectivity index (χ3n) is 0.869. The summed E-state index contributed by atoms with van der Waals surface area (Å²) in [4.78, 5) is 4.56. The Morgan fingerprint density at radius 2 is 2.86 bits per heavy atom. The maximum atomic E-state index is 8.39. The fraction of sp³-hybridized carbons (Fsp3) is 0.750. The van der Waals surface area contributed by atoms with Crippen LogP contribution in [0.2, 0.25) is 0 Å². The first-order chi connectivity index (χ1) is 3.43. The molecule has 1 heterocycles. The number of hydrogen-bond donors (Lipinski definition) is 1. The van der Waals surface area contributed by atoms with E-state index in [1.807, 2.05) is 0 Å². The zero-order chi connectivity index (χ0) is 5.11. The van der Waals surface area contributed by atoms with Gasteiger partial charge < -0.3 is 9.94 Å². The summed E-state index contributed by atoms with van der Waals surface area (Å²) in [6.45, 7) is 0.681. The molecule has 40 valence electrons. The van der Waals surface area contributed by atoms with Crippen molar-refractivity contribution in [2.24, 2.45) is 11.1 Å². The van der Waals surface area contributed by atoms with Crippen LogP contribution in [0.3, 0.4) is 0 Å². The molecular weight excluding hydrogens is 94.0 g/mol. The number of rotatable bonds is 1. The fourth-order valence-electron chi connectivity index (χ4n) is 0.411. The van der Waals surface area contributed by atoms with E-state index in [4.69, 9.17) is 5.11 Å². The fourth-order valence-corrected chi connectivity index (χ4v) is 0.411. The van der Waals surface area contributed by atoms with E-state index in [2.05, 4.69) is 9.99 Å². The molecule has 0 saturated carbocycles. The largest absolute Gasteiger partial charge is 0.396 e. The van der Waals surface area contributed by atoms with Crippen molar-refractivity contribution in [3.8, 4) is 0 Å². The van der Waals surface area contributed by atoms with Crippen molar-refractivity contribution in [2.75, 3.05) is 13.2 Å². The predicted molar refractivity (Wildman–Crippen MR) is 25.0 cm³/mol. The van der Waals surface area contributed by atoms with Crippen molar-refractivity contribution in [1.29, 1.82) is 0 Å². The molecule has 0 bridgehead atoms. The Bertz CT molecular complexity index is 81.8. The van der Waals surface area contributed by atoms with Gasteiger partial charge in [0, 0.05) is 0 Å². The van der Waals surface area contributed by atoms with Gasteiger partial charge in [-0.1, -0.05) is 5.16 Å². The Morgan fingerprint density at radius 3 is 3.14 bits per heavy atom. The molecule has 1 aliphatic rings. The monoisotopic (exact) mass is 101 g/mol. The normalized spacial score (nSPS) is 27.9. The quantitative estimate of drug-likeness (QED) is 0.488. The summed E-state index contributed by atoms with van der Waals surface area (Å²) in [6, 6.07) is 0. The Kier molecular flexibility index (Phi) is 1.26. The first-order valence-electron chi connectivity index (χ1n) is 2.20. The molecule has 0 saturated heterocycles. The third kappa shape index (κ3) is 0.899. The molecule has 3 heteroatoms. The highest BCUT2D eigenvalue weighted by Gasteiger charge is 2.08. The summed E-state index contributed by atoms with van der Waals surface area (Å²) in [5.41, 5.74) is 0. The van der Waals surface area contributed by atoms with Gasteiger partial charge in [0.1, 0.15) is 6.61 Å². The molecule has 0 fully saturated rings. The third-order valence-corrected chi connectivity index (χ3v) is 0.869. The average molecular weight is 101 g/mol. The van der Waals surface area contributed by atoms with Crippen LogP contribution in [-0.2, 0) is 4.84 Å². The highest BCUT2D eigenvalue weighted by molar-refractivity contribution is 5.61. The molecule has 0 spiro atoms. The molecule has 0 aliphatic carbocycles. The molecule has 0 aromatic carbocycles. The number of hydrogen-bond acceptors (Lipinski definition) is 3. The molecule has 0 aromatic rings. The molecule has 0 unspecified atom stereocenters. The van der Waals surface area contributed by atoms with E-state index in [1.54, 1.807) is 6.21 Å². The Balaban J connectivity index is 2.28. The standard InChI is InChI=1S/C4H7NO2/c6-2-4-1-5-7-3-4/h1,4,6H,2-3H2/t4-/m1/s1. The van der Waals surface area contributed by atoms with Crippen molar-refractivity contribution in [3.63, 3.8) is 0 Å². The molecular formula is C4H7NO2. The second-order valence-electron chi connectivity index (χ2n) is 1.49. The second kappa shape index (κ2) is 1.93. The highest BCUT2D eigenvalue weighted by Crippen LogP contribution is 1.99. The van der Waals surface area contributed by atoms with Gasteiger partial charge in [-0.15, -0.1) is 0 Å². The molecule has 0 amide bonds. The van der Waals surface area contributed by atoms with Crippen LogP contribution >= 0.6 is 0 Å². The zero-order valence-electron chi connectivity index (χ0n) is 3.87. The van der Waals surface area contributed by atoms with Gasteiger partial charge in [0.15, 0.2) is 0 Å². The number of aliphatic hydroxyl groups excluding tert-OH is 1. The molecule has 1 atom stereocenters. The minimum atomic E-state index is 0.139. The molecule has 7 heavy (non-hydrogen) atoms. The molecule has 1 aliphatic heterocycles. The van der Waals surface area contributed by atoms with Gasteiger partial charge in [-0.3, -0.25) is 0 Å². The van der Waals surface area contributed by atoms with Crippen molar-refractivity contribution in [2.45, 2.75) is 0 Å². The zero-order valence-corrected chi connectivity index (χ0v) is 3.87. The van der Waals surface area contributed by atoms with Crippen LogP contribution in [0.15, 0.2) is 5.16 Å². The minimum Gasteiger partial charge on any atom is -0.396 e. The van der Waals surface area contributed by atoms with Gasteiger partial charge in [0.2, 0.25) is 0 Å². The van der Waals surface area contributed by atoms with Crippen LogP contribution in [0.1, 0.15) is 0 Å². The van der Waals surface area contributed by atoms with Gasteiger partial charge in [0.25, 0.3) is 0 Å². The SMILES string of the molecule is OC[C@H]1C=NOC1. The maximum Gasteiger partial charge on any atom is 0.127 e. The Morgan fingerprint density at radius 1 is 2.00 bits per heavy atom. The summed E-state index contributed by atoms with van der Waals surface area (Å²) in [5, 5.41) is 11.8. The lowest BCUT2D eigenvalue weighted by Gasteiger charge is -1.93. The van der Waals surface area contributed by atoms with Crippen molar-refractivity contribution >= 4 is 6.21 Å². The lowest BCUT2D eigenvalue weighted by molar-refractivity contribution is 0.132. The van der Waals surface area contributed by atoms with E-state index in [0.29, 0.717) is 6.61 Å². The summed E-state index contributed by atoms with van der Waals surface area (Å²) in [6.07, 6.45) is 1.61. The van der Waals surface area contributed by atoms with Crippen molar-refractivity contribution in [3.05, 3.63) is 0 Å². The summed E-state index contributed by atoms with van der Waals surface area (Å²) >= 11 is 0. The van der Waals surface area contributed by atoms with Gasteiger partial charge >= 0.3 is 0 Å². The van der Waals surface area contributed by atoms with E-state index in [1.165, 1.54) is 0 Å². The van der Waals surface area contributed by atoms with Crippen LogP contribution in [-0.4, -0.2) is 24.5 Å². The average Bonchev–Trinajstić information content (AvgIpc) is 2.14. The van der Waals surface area contributed by atoms with E-state index >= 15 is 0 Å². The smallest absolute Gasteiger partial charge is 0.127 e. The first kappa shape index (κ1) is 4.59. The van der Waals surface area contributed by atoms with E-state index < -0.39 is 0 Å². The Labute approximate surface area is 41.6 Å². The van der Waals surface area contributed by atoms with Gasteiger partial charge in [-0.25, -0.2) is 0 Å². The molecule has 0 radical (unpaired) electrons. The topological polar surface area (TPSA) is 41.8 Å². The van der Waals surface area contributed by atoms with E-state index in [9.17, 15) is 0 Å². The molecule has 3 nitrogen and oxygen atoms in total. The second-order valence-corrected chi connectivity index (χ2v) is 1.49. The Hall–Kier alpha value is -0.570. The first-order valence-corrected chi connectivity index (χ1v) is 2.20. The molecule has 1 N–H and O–H groups in total. The highest BCUT2D eigenvalue weighted by atomic mass is 16.6. The van der Waals surface area contributed by atoms with E-state index in [0.717, 1.165) is 0 Å². The number of aliphatic hydroxyl groups is 1. The summed E-state index contributed by atoms with van der Waals surface area (Å²) in [7, 11) is 0. The lowest BCUT2D eigenvalue weighted by atomic mass is 10.2. The number of oxime groups is 1. The number of nitrogens with zero attached hydrogens (tertiary/aromatic N) is 1. The lowest BCUT2D eigenvalue weighted by Crippen LogP contribution is -2.06. The van der Waals surface area contributed by atoms with Crippen LogP contribution in [0, 0.1) is 5.92 Å².